The van der Waals surface area contributed by atoms with Crippen molar-refractivity contribution < 1.29 is 9.18 Å². The summed E-state index contributed by atoms with van der Waals surface area (Å²) in [6.45, 7) is 1.98. The predicted octanol–water partition coefficient (Wildman–Crippen LogP) is 4.18. The Labute approximate surface area is 125 Å². The van der Waals surface area contributed by atoms with Gasteiger partial charge >= 0.3 is 0 Å². The largest absolute Gasteiger partial charge is 0.305 e. The van der Waals surface area contributed by atoms with Crippen LogP contribution in [0.2, 0.25) is 0 Å². The first kappa shape index (κ1) is 13.3. The zero-order valence-electron chi connectivity index (χ0n) is 10.9. The Morgan fingerprint density at radius 3 is 2.80 bits per heavy atom. The lowest BCUT2D eigenvalue weighted by molar-refractivity contribution is 0.0977. The minimum absolute atomic E-state index is 0.0444. The quantitative estimate of drug-likeness (QED) is 0.766. The van der Waals surface area contributed by atoms with E-state index < -0.39 is 5.82 Å². The Hall–Kier alpha value is -1.68. The van der Waals surface area contributed by atoms with Crippen LogP contribution in [-0.4, -0.2) is 11.9 Å². The smallest absolute Gasteiger partial charge is 0.261 e. The van der Waals surface area contributed by atoms with Crippen LogP contribution in [0.3, 0.4) is 0 Å². The van der Waals surface area contributed by atoms with Gasteiger partial charge in [0.15, 0.2) is 0 Å². The molecular weight excluding hydrogens is 321 g/mol. The number of benzene rings is 2. The van der Waals surface area contributed by atoms with Crippen molar-refractivity contribution in [1.29, 1.82) is 0 Å². The average Bonchev–Trinajstić information content (AvgIpc) is 2.73. The molecule has 0 aliphatic carbocycles. The molecule has 0 bridgehead atoms. The van der Waals surface area contributed by atoms with E-state index in [0.29, 0.717) is 4.47 Å². The van der Waals surface area contributed by atoms with E-state index in [1.165, 1.54) is 12.1 Å². The number of nitrogens with zero attached hydrogens (tertiary/aromatic N) is 1. The van der Waals surface area contributed by atoms with E-state index >= 15 is 0 Å². The highest BCUT2D eigenvalue weighted by Gasteiger charge is 2.32. The van der Waals surface area contributed by atoms with Crippen molar-refractivity contribution in [2.75, 3.05) is 4.90 Å². The Morgan fingerprint density at radius 2 is 2.05 bits per heavy atom. The maximum atomic E-state index is 14.0. The molecule has 1 amide bonds. The number of amides is 1. The van der Waals surface area contributed by atoms with Gasteiger partial charge in [0.25, 0.3) is 5.91 Å². The molecule has 0 fully saturated rings. The van der Waals surface area contributed by atoms with Crippen molar-refractivity contribution in [1.82, 2.24) is 0 Å². The summed E-state index contributed by atoms with van der Waals surface area (Å²) in [4.78, 5) is 14.3. The topological polar surface area (TPSA) is 20.3 Å². The highest BCUT2D eigenvalue weighted by molar-refractivity contribution is 9.10. The maximum absolute atomic E-state index is 14.0. The van der Waals surface area contributed by atoms with Gasteiger partial charge in [0, 0.05) is 16.2 Å². The second-order valence-electron chi connectivity index (χ2n) is 4.98. The zero-order chi connectivity index (χ0) is 14.3. The molecule has 0 radical (unpaired) electrons. The van der Waals surface area contributed by atoms with Crippen LogP contribution in [0.5, 0.6) is 0 Å². The van der Waals surface area contributed by atoms with E-state index in [9.17, 15) is 9.18 Å². The molecule has 1 unspecified atom stereocenters. The number of carbonyl (C=O) groups is 1. The van der Waals surface area contributed by atoms with Crippen molar-refractivity contribution in [3.63, 3.8) is 0 Å². The lowest BCUT2D eigenvalue weighted by Gasteiger charge is -2.23. The summed E-state index contributed by atoms with van der Waals surface area (Å²) >= 11 is 3.20. The first-order valence-corrected chi connectivity index (χ1v) is 7.24. The second-order valence-corrected chi connectivity index (χ2v) is 5.90. The first-order chi connectivity index (χ1) is 9.58. The van der Waals surface area contributed by atoms with Crippen molar-refractivity contribution in [2.24, 2.45) is 0 Å². The third kappa shape index (κ3) is 2.14. The summed E-state index contributed by atoms with van der Waals surface area (Å²) < 4.78 is 14.6. The van der Waals surface area contributed by atoms with Crippen LogP contribution in [-0.2, 0) is 6.42 Å². The number of fused-ring (bicyclic) bond motifs is 1. The molecular formula is C16H13BrFNO. The van der Waals surface area contributed by atoms with Gasteiger partial charge in [-0.2, -0.15) is 0 Å². The Kier molecular flexibility index (Phi) is 3.34. The fourth-order valence-corrected chi connectivity index (χ4v) is 3.00. The fraction of sp³-hybridized carbons (Fsp3) is 0.188. The van der Waals surface area contributed by atoms with Gasteiger partial charge in [-0.15, -0.1) is 0 Å². The minimum atomic E-state index is -0.499. The molecule has 2 aromatic rings. The lowest BCUT2D eigenvalue weighted by Crippen LogP contribution is -2.36. The molecule has 0 saturated heterocycles. The molecule has 20 heavy (non-hydrogen) atoms. The molecule has 0 N–H and O–H groups in total. The van der Waals surface area contributed by atoms with Crippen LogP contribution in [0.25, 0.3) is 0 Å². The van der Waals surface area contributed by atoms with Gasteiger partial charge in [-0.05, 0) is 43.2 Å². The molecule has 2 nitrogen and oxygen atoms in total. The summed E-state index contributed by atoms with van der Waals surface area (Å²) in [5.74, 6) is -0.784. The normalized spacial score (nSPS) is 17.1. The average molecular weight is 334 g/mol. The molecule has 0 aromatic heterocycles. The van der Waals surface area contributed by atoms with Gasteiger partial charge in [-0.1, -0.05) is 34.1 Å². The molecule has 4 heteroatoms. The zero-order valence-corrected chi connectivity index (χ0v) is 12.5. The Morgan fingerprint density at radius 1 is 1.30 bits per heavy atom. The maximum Gasteiger partial charge on any atom is 0.261 e. The van der Waals surface area contributed by atoms with Crippen molar-refractivity contribution in [3.05, 3.63) is 63.9 Å². The molecule has 0 saturated carbocycles. The Balaban J connectivity index is 2.03. The number of halogens is 2. The highest BCUT2D eigenvalue weighted by Crippen LogP contribution is 2.33. The summed E-state index contributed by atoms with van der Waals surface area (Å²) in [5.41, 5.74) is 2.12. The molecule has 3 rings (SSSR count). The molecule has 1 aliphatic heterocycles. The van der Waals surface area contributed by atoms with E-state index in [0.717, 1.165) is 17.7 Å². The van der Waals surface area contributed by atoms with E-state index in [2.05, 4.69) is 15.9 Å². The van der Waals surface area contributed by atoms with Gasteiger partial charge in [0.05, 0.1) is 5.56 Å². The Bertz CT molecular complexity index is 686. The summed E-state index contributed by atoms with van der Waals surface area (Å²) in [6, 6.07) is 12.3. The van der Waals surface area contributed by atoms with Gasteiger partial charge < -0.3 is 4.90 Å². The van der Waals surface area contributed by atoms with Crippen molar-refractivity contribution in [3.8, 4) is 0 Å². The van der Waals surface area contributed by atoms with Gasteiger partial charge in [0.2, 0.25) is 0 Å². The summed E-state index contributed by atoms with van der Waals surface area (Å²) in [6.07, 6.45) is 0.806. The third-order valence-corrected chi connectivity index (χ3v) is 4.08. The number of carbonyl (C=O) groups excluding carboxylic acids is 1. The number of para-hydroxylation sites is 1. The number of hydrogen-bond donors (Lipinski definition) is 0. The fourth-order valence-electron chi connectivity index (χ4n) is 2.67. The molecule has 1 heterocycles. The van der Waals surface area contributed by atoms with Crippen molar-refractivity contribution >= 4 is 27.5 Å². The van der Waals surface area contributed by atoms with E-state index in [1.54, 1.807) is 11.0 Å². The van der Waals surface area contributed by atoms with Crippen LogP contribution in [0.1, 0.15) is 22.8 Å². The molecule has 1 aliphatic rings. The number of anilines is 1. The highest BCUT2D eigenvalue weighted by atomic mass is 79.9. The summed E-state index contributed by atoms with van der Waals surface area (Å²) in [7, 11) is 0. The van der Waals surface area contributed by atoms with Gasteiger partial charge in [0.1, 0.15) is 5.82 Å². The van der Waals surface area contributed by atoms with Crippen LogP contribution < -0.4 is 4.90 Å². The second kappa shape index (κ2) is 5.02. The first-order valence-electron chi connectivity index (χ1n) is 6.44. The minimum Gasteiger partial charge on any atom is -0.305 e. The predicted molar refractivity (Wildman–Crippen MR) is 80.5 cm³/mol. The van der Waals surface area contributed by atoms with E-state index in [4.69, 9.17) is 0 Å². The molecule has 0 spiro atoms. The number of rotatable bonds is 1. The number of hydrogen-bond acceptors (Lipinski definition) is 1. The molecule has 102 valence electrons. The van der Waals surface area contributed by atoms with Crippen LogP contribution in [0.15, 0.2) is 46.9 Å². The monoisotopic (exact) mass is 333 g/mol. The van der Waals surface area contributed by atoms with Gasteiger partial charge in [-0.3, -0.25) is 4.79 Å². The van der Waals surface area contributed by atoms with Crippen LogP contribution in [0.4, 0.5) is 10.1 Å². The third-order valence-electron chi connectivity index (χ3n) is 3.59. The van der Waals surface area contributed by atoms with E-state index in [1.807, 2.05) is 31.2 Å². The van der Waals surface area contributed by atoms with Crippen LogP contribution >= 0.6 is 15.9 Å². The van der Waals surface area contributed by atoms with Gasteiger partial charge in [-0.25, -0.2) is 4.39 Å². The summed E-state index contributed by atoms with van der Waals surface area (Å²) in [5, 5.41) is 0. The van der Waals surface area contributed by atoms with Crippen molar-refractivity contribution in [2.45, 2.75) is 19.4 Å². The molecule has 1 atom stereocenters. The lowest BCUT2D eigenvalue weighted by atomic mass is 10.1. The van der Waals surface area contributed by atoms with Crippen LogP contribution in [0, 0.1) is 5.82 Å². The standard InChI is InChI=1S/C16H13BrFNO/c1-10-8-11-4-2-3-5-15(11)19(10)16(20)13-7-6-12(17)9-14(13)18/h2-7,9-10H,8H2,1H3. The van der Waals surface area contributed by atoms with E-state index in [-0.39, 0.29) is 17.5 Å². The molecule has 2 aromatic carbocycles. The SMILES string of the molecule is CC1Cc2ccccc2N1C(=O)c1ccc(Br)cc1F.